The predicted octanol–water partition coefficient (Wildman–Crippen LogP) is 2.83. The molecule has 4 heterocycles. The first kappa shape index (κ1) is 15.6. The van der Waals surface area contributed by atoms with Crippen LogP contribution in [0.2, 0.25) is 0 Å². The summed E-state index contributed by atoms with van der Waals surface area (Å²) in [6.07, 6.45) is 0.519. The zero-order chi connectivity index (χ0) is 18.8. The molecule has 0 radical (unpaired) electrons. The molecule has 7 nitrogen and oxygen atoms in total. The minimum atomic E-state index is -0.479. The lowest BCUT2D eigenvalue weighted by molar-refractivity contribution is -0.119. The molecule has 3 aromatic rings. The molecule has 1 atom stereocenters. The highest BCUT2D eigenvalue weighted by molar-refractivity contribution is 6.21. The number of nitrogens with zero attached hydrogens (tertiary/aromatic N) is 2. The number of carbonyl (C=O) groups excluding carboxylic acids is 2. The van der Waals surface area contributed by atoms with Gasteiger partial charge in [-0.25, -0.2) is 9.69 Å². The fourth-order valence-corrected chi connectivity index (χ4v) is 4.41. The molecule has 0 aliphatic carbocycles. The van der Waals surface area contributed by atoms with E-state index in [1.54, 1.807) is 23.1 Å². The van der Waals surface area contributed by atoms with Crippen LogP contribution in [0.4, 0.5) is 10.5 Å². The van der Waals surface area contributed by atoms with Gasteiger partial charge in [-0.1, -0.05) is 18.2 Å². The summed E-state index contributed by atoms with van der Waals surface area (Å²) < 4.78 is 11.1. The third kappa shape index (κ3) is 2.04. The first-order valence-electron chi connectivity index (χ1n) is 9.33. The quantitative estimate of drug-likeness (QED) is 0.664. The smallest absolute Gasteiger partial charge is 0.332 e. The van der Waals surface area contributed by atoms with Crippen molar-refractivity contribution in [1.82, 2.24) is 9.88 Å². The van der Waals surface area contributed by atoms with Crippen molar-refractivity contribution in [3.63, 3.8) is 0 Å². The van der Waals surface area contributed by atoms with E-state index < -0.39 is 6.04 Å². The summed E-state index contributed by atoms with van der Waals surface area (Å²) in [4.78, 5) is 32.6. The Morgan fingerprint density at radius 1 is 1.00 bits per heavy atom. The Balaban J connectivity index is 1.38. The summed E-state index contributed by atoms with van der Waals surface area (Å²) >= 11 is 0. The maximum Gasteiger partial charge on any atom is 0.332 e. The molecule has 3 aliphatic rings. The van der Waals surface area contributed by atoms with E-state index in [1.165, 1.54) is 4.90 Å². The second-order valence-electron chi connectivity index (χ2n) is 7.26. The van der Waals surface area contributed by atoms with E-state index in [-0.39, 0.29) is 11.9 Å². The van der Waals surface area contributed by atoms with Crippen molar-refractivity contribution in [2.75, 3.05) is 18.1 Å². The molecule has 0 unspecified atom stereocenters. The van der Waals surface area contributed by atoms with E-state index in [0.717, 1.165) is 22.2 Å². The van der Waals surface area contributed by atoms with Crippen molar-refractivity contribution in [3.8, 4) is 11.5 Å². The third-order valence-corrected chi connectivity index (χ3v) is 5.73. The summed E-state index contributed by atoms with van der Waals surface area (Å²) in [6, 6.07) is 12.5. The van der Waals surface area contributed by atoms with E-state index in [0.29, 0.717) is 43.4 Å². The standard InChI is InChI=1S/C21H17N3O4/c25-20-17-10-14-13-3-1-2-4-15(13)22-16(14)11-23(17)21(26)24(20)12-5-6-18-19(9-12)28-8-7-27-18/h1-6,9,17,22H,7-8,10-11H2/t17-/m0/s1. The minimum absolute atomic E-state index is 0.197. The number of amides is 3. The molecule has 3 aliphatic heterocycles. The van der Waals surface area contributed by atoms with Gasteiger partial charge in [0.1, 0.15) is 19.3 Å². The lowest BCUT2D eigenvalue weighted by atomic mass is 9.97. The van der Waals surface area contributed by atoms with Crippen LogP contribution < -0.4 is 14.4 Å². The molecule has 2 aromatic carbocycles. The molecule has 1 saturated heterocycles. The molecule has 0 spiro atoms. The fourth-order valence-electron chi connectivity index (χ4n) is 4.41. The largest absolute Gasteiger partial charge is 0.486 e. The van der Waals surface area contributed by atoms with Gasteiger partial charge in [-0.3, -0.25) is 4.79 Å². The van der Waals surface area contributed by atoms with Crippen LogP contribution in [0.5, 0.6) is 11.5 Å². The number of H-pyrrole nitrogens is 1. The number of hydrogen-bond acceptors (Lipinski definition) is 4. The van der Waals surface area contributed by atoms with Crippen LogP contribution in [0.15, 0.2) is 42.5 Å². The number of nitrogens with one attached hydrogen (secondary N) is 1. The first-order chi connectivity index (χ1) is 13.7. The maximum atomic E-state index is 13.2. The number of imide groups is 1. The molecule has 3 amide bonds. The molecule has 0 bridgehead atoms. The van der Waals surface area contributed by atoms with E-state index in [9.17, 15) is 9.59 Å². The fraction of sp³-hybridized carbons (Fsp3) is 0.238. The zero-order valence-corrected chi connectivity index (χ0v) is 15.0. The van der Waals surface area contributed by atoms with Gasteiger partial charge < -0.3 is 19.4 Å². The van der Waals surface area contributed by atoms with Crippen LogP contribution in [-0.4, -0.2) is 41.1 Å². The Kier molecular flexibility index (Phi) is 3.06. The number of ether oxygens (including phenoxy) is 2. The number of aromatic amines is 1. The molecule has 6 rings (SSSR count). The molecule has 28 heavy (non-hydrogen) atoms. The molecule has 140 valence electrons. The molecule has 1 aromatic heterocycles. The Morgan fingerprint density at radius 3 is 2.71 bits per heavy atom. The molecular formula is C21H17N3O4. The summed E-state index contributed by atoms with van der Waals surface area (Å²) in [7, 11) is 0. The number of hydrogen-bond donors (Lipinski definition) is 1. The summed E-state index contributed by atoms with van der Waals surface area (Å²) in [6.45, 7) is 1.35. The SMILES string of the molecule is O=C1[C@@H]2Cc3c([nH]c4ccccc34)CN2C(=O)N1c1ccc2c(c1)OCCO2. The third-order valence-electron chi connectivity index (χ3n) is 5.73. The van der Waals surface area contributed by atoms with Crippen molar-refractivity contribution in [2.24, 2.45) is 0 Å². The van der Waals surface area contributed by atoms with Crippen molar-refractivity contribution in [1.29, 1.82) is 0 Å². The van der Waals surface area contributed by atoms with E-state index in [4.69, 9.17) is 9.47 Å². The van der Waals surface area contributed by atoms with Gasteiger partial charge in [-0.2, -0.15) is 0 Å². The van der Waals surface area contributed by atoms with Crippen molar-refractivity contribution >= 4 is 28.5 Å². The van der Waals surface area contributed by atoms with Gasteiger partial charge in [0, 0.05) is 29.1 Å². The second-order valence-corrected chi connectivity index (χ2v) is 7.26. The van der Waals surface area contributed by atoms with Gasteiger partial charge in [0.05, 0.1) is 12.2 Å². The molecule has 1 fully saturated rings. The summed E-state index contributed by atoms with van der Waals surface area (Å²) in [5, 5.41) is 1.12. The average Bonchev–Trinajstić information content (AvgIpc) is 3.21. The van der Waals surface area contributed by atoms with Gasteiger partial charge in [0.15, 0.2) is 11.5 Å². The van der Waals surface area contributed by atoms with Crippen LogP contribution in [0.1, 0.15) is 11.3 Å². The van der Waals surface area contributed by atoms with Crippen molar-refractivity contribution in [2.45, 2.75) is 19.0 Å². The monoisotopic (exact) mass is 375 g/mol. The van der Waals surface area contributed by atoms with Crippen molar-refractivity contribution in [3.05, 3.63) is 53.7 Å². The number of benzene rings is 2. The molecule has 1 N–H and O–H groups in total. The second kappa shape index (κ2) is 5.51. The number of urea groups is 1. The van der Waals surface area contributed by atoms with Gasteiger partial charge in [-0.05, 0) is 23.8 Å². The molecule has 7 heteroatoms. The number of aromatic nitrogens is 1. The zero-order valence-electron chi connectivity index (χ0n) is 15.0. The Hall–Kier alpha value is -3.48. The summed E-state index contributed by atoms with van der Waals surface area (Å²) in [5.74, 6) is 0.997. The number of rotatable bonds is 1. The van der Waals surface area contributed by atoms with Crippen molar-refractivity contribution < 1.29 is 19.1 Å². The molecular weight excluding hydrogens is 358 g/mol. The Labute approximate surface area is 160 Å². The Bertz CT molecular complexity index is 1150. The topological polar surface area (TPSA) is 74.9 Å². The highest BCUT2D eigenvalue weighted by Crippen LogP contribution is 2.39. The Morgan fingerprint density at radius 2 is 1.82 bits per heavy atom. The van der Waals surface area contributed by atoms with E-state index in [1.807, 2.05) is 18.2 Å². The minimum Gasteiger partial charge on any atom is -0.486 e. The van der Waals surface area contributed by atoms with E-state index >= 15 is 0 Å². The number of anilines is 1. The van der Waals surface area contributed by atoms with Crippen LogP contribution in [0.3, 0.4) is 0 Å². The average molecular weight is 375 g/mol. The van der Waals surface area contributed by atoms with Gasteiger partial charge in [0.2, 0.25) is 0 Å². The maximum absolute atomic E-state index is 13.2. The van der Waals surface area contributed by atoms with Crippen LogP contribution in [-0.2, 0) is 17.8 Å². The van der Waals surface area contributed by atoms with Crippen LogP contribution in [0, 0.1) is 0 Å². The number of carbonyl (C=O) groups is 2. The van der Waals surface area contributed by atoms with E-state index in [2.05, 4.69) is 11.1 Å². The summed E-state index contributed by atoms with van der Waals surface area (Å²) in [5.41, 5.74) is 3.68. The highest BCUT2D eigenvalue weighted by atomic mass is 16.6. The normalized spacial score (nSPS) is 20.5. The van der Waals surface area contributed by atoms with Gasteiger partial charge in [0.25, 0.3) is 5.91 Å². The lowest BCUT2D eigenvalue weighted by Gasteiger charge is -2.26. The van der Waals surface area contributed by atoms with Crippen LogP contribution in [0.25, 0.3) is 10.9 Å². The molecule has 0 saturated carbocycles. The highest BCUT2D eigenvalue weighted by Gasteiger charge is 2.48. The van der Waals surface area contributed by atoms with Gasteiger partial charge >= 0.3 is 6.03 Å². The lowest BCUT2D eigenvalue weighted by Crippen LogP contribution is -2.39. The van der Waals surface area contributed by atoms with Crippen LogP contribution >= 0.6 is 0 Å². The number of fused-ring (bicyclic) bond motifs is 5. The van der Waals surface area contributed by atoms with Gasteiger partial charge in [-0.15, -0.1) is 0 Å². The number of para-hydroxylation sites is 1. The predicted molar refractivity (Wildman–Crippen MR) is 102 cm³/mol. The first-order valence-corrected chi connectivity index (χ1v) is 9.33.